The maximum Gasteiger partial charge on any atom is 0.333 e. The number of ether oxygens (including phenoxy) is 1. The van der Waals surface area contributed by atoms with Crippen molar-refractivity contribution < 1.29 is 19.4 Å². The van der Waals surface area contributed by atoms with Crippen LogP contribution in [0.5, 0.6) is 0 Å². The zero-order valence-corrected chi connectivity index (χ0v) is 9.99. The van der Waals surface area contributed by atoms with Crippen LogP contribution in [0.3, 0.4) is 0 Å². The topological polar surface area (TPSA) is 63.6 Å². The van der Waals surface area contributed by atoms with Gasteiger partial charge in [0.25, 0.3) is 0 Å². The van der Waals surface area contributed by atoms with Gasteiger partial charge in [0.15, 0.2) is 0 Å². The molecule has 4 nitrogen and oxygen atoms in total. The molecular formula is C12H20O4. The number of allylic oxidation sites excluding steroid dienone is 1. The van der Waals surface area contributed by atoms with Crippen LogP contribution in [0.15, 0.2) is 11.6 Å². The molecular weight excluding hydrogens is 208 g/mol. The van der Waals surface area contributed by atoms with Gasteiger partial charge in [-0.05, 0) is 19.3 Å². The molecule has 4 heteroatoms. The molecule has 0 rings (SSSR count). The number of carbonyl (C=O) groups excluding carboxylic acids is 1. The van der Waals surface area contributed by atoms with Crippen LogP contribution in [0, 0.1) is 0 Å². The molecule has 0 spiro atoms. The highest BCUT2D eigenvalue weighted by molar-refractivity contribution is 5.88. The first kappa shape index (κ1) is 14.7. The average molecular weight is 228 g/mol. The first-order valence-corrected chi connectivity index (χ1v) is 5.69. The SMILES string of the molecule is CCCOC(=O)C(=CCCC(=O)O)CCC. The summed E-state index contributed by atoms with van der Waals surface area (Å²) in [5, 5.41) is 8.49. The standard InChI is InChI=1S/C12H20O4/c1-3-6-10(7-5-8-11(13)14)12(15)16-9-4-2/h7H,3-6,8-9H2,1-2H3,(H,13,14). The average Bonchev–Trinajstić information content (AvgIpc) is 2.24. The Bertz CT molecular complexity index is 256. The Morgan fingerprint density at radius 3 is 2.38 bits per heavy atom. The number of rotatable bonds is 8. The molecule has 0 aromatic carbocycles. The van der Waals surface area contributed by atoms with E-state index in [9.17, 15) is 9.59 Å². The Morgan fingerprint density at radius 2 is 1.88 bits per heavy atom. The van der Waals surface area contributed by atoms with E-state index in [4.69, 9.17) is 9.84 Å². The van der Waals surface area contributed by atoms with Crippen LogP contribution in [0.4, 0.5) is 0 Å². The fourth-order valence-corrected chi connectivity index (χ4v) is 1.21. The second-order valence-electron chi connectivity index (χ2n) is 3.55. The minimum Gasteiger partial charge on any atom is -0.481 e. The van der Waals surface area contributed by atoms with E-state index in [0.29, 0.717) is 25.0 Å². The molecule has 0 atom stereocenters. The zero-order valence-electron chi connectivity index (χ0n) is 9.99. The molecule has 0 aliphatic rings. The summed E-state index contributed by atoms with van der Waals surface area (Å²) in [5.74, 6) is -1.16. The van der Waals surface area contributed by atoms with Gasteiger partial charge in [-0.3, -0.25) is 4.79 Å². The first-order valence-electron chi connectivity index (χ1n) is 5.69. The summed E-state index contributed by atoms with van der Waals surface area (Å²) in [6, 6.07) is 0. The van der Waals surface area contributed by atoms with E-state index in [1.165, 1.54) is 0 Å². The molecule has 1 N–H and O–H groups in total. The lowest BCUT2D eigenvalue weighted by molar-refractivity contribution is -0.139. The normalized spacial score (nSPS) is 11.2. The monoisotopic (exact) mass is 228 g/mol. The number of hydrogen-bond donors (Lipinski definition) is 1. The largest absolute Gasteiger partial charge is 0.481 e. The third-order valence-electron chi connectivity index (χ3n) is 1.97. The smallest absolute Gasteiger partial charge is 0.333 e. The fourth-order valence-electron chi connectivity index (χ4n) is 1.21. The van der Waals surface area contributed by atoms with Gasteiger partial charge in [0, 0.05) is 12.0 Å². The van der Waals surface area contributed by atoms with Crippen LogP contribution in [-0.2, 0) is 14.3 Å². The third kappa shape index (κ3) is 7.04. The maximum atomic E-state index is 11.5. The van der Waals surface area contributed by atoms with E-state index >= 15 is 0 Å². The highest BCUT2D eigenvalue weighted by Crippen LogP contribution is 2.09. The number of carbonyl (C=O) groups is 2. The number of aliphatic carboxylic acids is 1. The third-order valence-corrected chi connectivity index (χ3v) is 1.97. The van der Waals surface area contributed by atoms with E-state index in [0.717, 1.165) is 12.8 Å². The van der Waals surface area contributed by atoms with Crippen molar-refractivity contribution in [3.63, 3.8) is 0 Å². The van der Waals surface area contributed by atoms with Crippen molar-refractivity contribution in [2.75, 3.05) is 6.61 Å². The molecule has 0 saturated carbocycles. The number of carboxylic acids is 1. The molecule has 0 amide bonds. The second-order valence-corrected chi connectivity index (χ2v) is 3.55. The minimum absolute atomic E-state index is 0.0499. The first-order chi connectivity index (χ1) is 7.61. The molecule has 0 saturated heterocycles. The summed E-state index contributed by atoms with van der Waals surface area (Å²) >= 11 is 0. The molecule has 0 fully saturated rings. The molecule has 0 aromatic rings. The summed E-state index contributed by atoms with van der Waals surface area (Å²) in [5.41, 5.74) is 0.595. The molecule has 16 heavy (non-hydrogen) atoms. The molecule has 0 aromatic heterocycles. The Morgan fingerprint density at radius 1 is 1.19 bits per heavy atom. The van der Waals surface area contributed by atoms with Gasteiger partial charge in [-0.25, -0.2) is 4.79 Å². The summed E-state index contributed by atoms with van der Waals surface area (Å²) in [6.07, 6.45) is 4.39. The van der Waals surface area contributed by atoms with Crippen LogP contribution < -0.4 is 0 Å². The van der Waals surface area contributed by atoms with Crippen molar-refractivity contribution in [1.29, 1.82) is 0 Å². The van der Waals surface area contributed by atoms with Crippen molar-refractivity contribution in [3.8, 4) is 0 Å². The van der Waals surface area contributed by atoms with Gasteiger partial charge >= 0.3 is 11.9 Å². The molecule has 0 aliphatic carbocycles. The molecule has 0 aliphatic heterocycles. The predicted octanol–water partition coefficient (Wildman–Crippen LogP) is 2.53. The molecule has 0 radical (unpaired) electrons. The quantitative estimate of drug-likeness (QED) is 0.512. The highest BCUT2D eigenvalue weighted by atomic mass is 16.5. The maximum absolute atomic E-state index is 11.5. The Labute approximate surface area is 96.3 Å². The van der Waals surface area contributed by atoms with E-state index in [1.807, 2.05) is 13.8 Å². The lowest BCUT2D eigenvalue weighted by Crippen LogP contribution is -2.09. The molecule has 0 bridgehead atoms. The van der Waals surface area contributed by atoms with E-state index < -0.39 is 5.97 Å². The summed E-state index contributed by atoms with van der Waals surface area (Å²) < 4.78 is 5.01. The van der Waals surface area contributed by atoms with Crippen molar-refractivity contribution in [2.24, 2.45) is 0 Å². The van der Waals surface area contributed by atoms with Gasteiger partial charge in [0.1, 0.15) is 0 Å². The van der Waals surface area contributed by atoms with Gasteiger partial charge in [0.05, 0.1) is 6.61 Å². The van der Waals surface area contributed by atoms with Gasteiger partial charge in [-0.1, -0.05) is 26.3 Å². The predicted molar refractivity (Wildman–Crippen MR) is 61.1 cm³/mol. The second kappa shape index (κ2) is 8.95. The van der Waals surface area contributed by atoms with E-state index in [2.05, 4.69) is 0 Å². The Kier molecular flexibility index (Phi) is 8.21. The highest BCUT2D eigenvalue weighted by Gasteiger charge is 2.09. The summed E-state index contributed by atoms with van der Waals surface area (Å²) in [4.78, 5) is 21.9. The van der Waals surface area contributed by atoms with Crippen LogP contribution in [0.2, 0.25) is 0 Å². The summed E-state index contributed by atoms with van der Waals surface area (Å²) in [6.45, 7) is 4.32. The lowest BCUT2D eigenvalue weighted by atomic mass is 10.1. The van der Waals surface area contributed by atoms with Gasteiger partial charge in [-0.15, -0.1) is 0 Å². The minimum atomic E-state index is -0.853. The fraction of sp³-hybridized carbons (Fsp3) is 0.667. The number of carboxylic acid groups (broad SMARTS) is 1. The van der Waals surface area contributed by atoms with E-state index in [1.54, 1.807) is 6.08 Å². The Balaban J connectivity index is 4.22. The molecule has 92 valence electrons. The van der Waals surface area contributed by atoms with Crippen LogP contribution in [-0.4, -0.2) is 23.7 Å². The number of esters is 1. The van der Waals surface area contributed by atoms with Gasteiger partial charge < -0.3 is 9.84 Å². The van der Waals surface area contributed by atoms with Crippen molar-refractivity contribution in [2.45, 2.75) is 46.0 Å². The number of hydrogen-bond acceptors (Lipinski definition) is 3. The van der Waals surface area contributed by atoms with Crippen molar-refractivity contribution >= 4 is 11.9 Å². The van der Waals surface area contributed by atoms with Gasteiger partial charge in [-0.2, -0.15) is 0 Å². The van der Waals surface area contributed by atoms with Crippen LogP contribution >= 0.6 is 0 Å². The molecule has 0 unspecified atom stereocenters. The van der Waals surface area contributed by atoms with Crippen molar-refractivity contribution in [3.05, 3.63) is 11.6 Å². The Hall–Kier alpha value is -1.32. The van der Waals surface area contributed by atoms with Crippen LogP contribution in [0.25, 0.3) is 0 Å². The van der Waals surface area contributed by atoms with Gasteiger partial charge in [0.2, 0.25) is 0 Å². The van der Waals surface area contributed by atoms with Crippen LogP contribution in [0.1, 0.15) is 46.0 Å². The van der Waals surface area contributed by atoms with E-state index in [-0.39, 0.29) is 12.4 Å². The zero-order chi connectivity index (χ0) is 12.4. The summed E-state index contributed by atoms with van der Waals surface area (Å²) in [7, 11) is 0. The van der Waals surface area contributed by atoms with Crippen molar-refractivity contribution in [1.82, 2.24) is 0 Å². The molecule has 0 heterocycles. The lowest BCUT2D eigenvalue weighted by Gasteiger charge is -2.06.